The molecule has 2 rings (SSSR count). The Hall–Kier alpha value is -1.93. The quantitative estimate of drug-likeness (QED) is 0.820. The molecular formula is C16H19FN2O3S2. The molecule has 24 heavy (non-hydrogen) atoms. The molecule has 2 aromatic rings. The smallest absolute Gasteiger partial charge is 0.315 e. The standard InChI is InChI=1S/C16H19FN2O3S2/c1-11(2)19-16(20)18-10-14(12-5-7-13(17)8-6-12)24(21,22)15-4-3-9-23-15/h3-9,11,14H,10H2,1-2H3,(H2,18,19,20). The second-order valence-corrected chi connectivity index (χ2v) is 8.83. The Balaban J connectivity index is 2.28. The Morgan fingerprint density at radius 2 is 1.88 bits per heavy atom. The molecule has 1 unspecified atom stereocenters. The van der Waals surface area contributed by atoms with Crippen molar-refractivity contribution in [2.45, 2.75) is 29.3 Å². The zero-order valence-electron chi connectivity index (χ0n) is 13.3. The lowest BCUT2D eigenvalue weighted by atomic mass is 10.1. The van der Waals surface area contributed by atoms with Gasteiger partial charge in [-0.15, -0.1) is 11.3 Å². The predicted octanol–water partition coefficient (Wildman–Crippen LogP) is 3.11. The molecule has 130 valence electrons. The van der Waals surface area contributed by atoms with Gasteiger partial charge in [0.25, 0.3) is 0 Å². The molecule has 1 atom stereocenters. The number of benzene rings is 1. The molecule has 8 heteroatoms. The first-order chi connectivity index (χ1) is 11.3. The molecule has 0 spiro atoms. The number of sulfone groups is 1. The molecule has 0 saturated carbocycles. The summed E-state index contributed by atoms with van der Waals surface area (Å²) in [4.78, 5) is 11.8. The van der Waals surface area contributed by atoms with Crippen molar-refractivity contribution in [3.05, 3.63) is 53.2 Å². The minimum atomic E-state index is -3.69. The summed E-state index contributed by atoms with van der Waals surface area (Å²) in [6.07, 6.45) is 0. The van der Waals surface area contributed by atoms with Crippen molar-refractivity contribution in [1.82, 2.24) is 10.6 Å². The van der Waals surface area contributed by atoms with Gasteiger partial charge < -0.3 is 10.6 Å². The molecular weight excluding hydrogens is 351 g/mol. The van der Waals surface area contributed by atoms with E-state index >= 15 is 0 Å². The van der Waals surface area contributed by atoms with Gasteiger partial charge in [0, 0.05) is 12.6 Å². The third kappa shape index (κ3) is 4.55. The van der Waals surface area contributed by atoms with E-state index in [1.54, 1.807) is 25.3 Å². The predicted molar refractivity (Wildman–Crippen MR) is 92.3 cm³/mol. The maximum absolute atomic E-state index is 13.2. The average molecular weight is 370 g/mol. The van der Waals surface area contributed by atoms with Gasteiger partial charge in [-0.1, -0.05) is 18.2 Å². The largest absolute Gasteiger partial charge is 0.336 e. The summed E-state index contributed by atoms with van der Waals surface area (Å²) in [6, 6.07) is 7.92. The number of halogens is 1. The number of carbonyl (C=O) groups excluding carboxylic acids is 1. The Morgan fingerprint density at radius 1 is 1.21 bits per heavy atom. The van der Waals surface area contributed by atoms with Crippen LogP contribution < -0.4 is 10.6 Å². The maximum atomic E-state index is 13.2. The lowest BCUT2D eigenvalue weighted by Gasteiger charge is -2.19. The highest BCUT2D eigenvalue weighted by Gasteiger charge is 2.30. The van der Waals surface area contributed by atoms with Crippen LogP contribution in [0.1, 0.15) is 24.7 Å². The Morgan fingerprint density at radius 3 is 2.42 bits per heavy atom. The Labute approximate surface area is 144 Å². The van der Waals surface area contributed by atoms with E-state index in [9.17, 15) is 17.6 Å². The van der Waals surface area contributed by atoms with Crippen molar-refractivity contribution in [2.75, 3.05) is 6.54 Å². The lowest BCUT2D eigenvalue weighted by Crippen LogP contribution is -2.42. The Bertz CT molecular complexity index is 772. The molecule has 0 bridgehead atoms. The third-order valence-electron chi connectivity index (χ3n) is 3.26. The van der Waals surface area contributed by atoms with Crippen LogP contribution in [0.2, 0.25) is 0 Å². The van der Waals surface area contributed by atoms with E-state index in [0.717, 1.165) is 11.3 Å². The molecule has 0 fully saturated rings. The van der Waals surface area contributed by atoms with Gasteiger partial charge in [-0.3, -0.25) is 0 Å². The van der Waals surface area contributed by atoms with Gasteiger partial charge in [-0.05, 0) is 43.0 Å². The van der Waals surface area contributed by atoms with Crippen molar-refractivity contribution in [1.29, 1.82) is 0 Å². The second-order valence-electron chi connectivity index (χ2n) is 5.53. The van der Waals surface area contributed by atoms with E-state index in [1.807, 2.05) is 0 Å². The van der Waals surface area contributed by atoms with Crippen LogP contribution in [0.25, 0.3) is 0 Å². The van der Waals surface area contributed by atoms with E-state index in [4.69, 9.17) is 0 Å². The third-order valence-corrected chi connectivity index (χ3v) is 6.79. The normalized spacial score (nSPS) is 12.8. The monoisotopic (exact) mass is 370 g/mol. The molecule has 1 aromatic heterocycles. The number of hydrogen-bond acceptors (Lipinski definition) is 4. The SMILES string of the molecule is CC(C)NC(=O)NCC(c1ccc(F)cc1)S(=O)(=O)c1cccs1. The van der Waals surface area contributed by atoms with E-state index in [-0.39, 0.29) is 16.8 Å². The highest BCUT2D eigenvalue weighted by molar-refractivity contribution is 7.93. The number of rotatable bonds is 6. The number of amides is 2. The van der Waals surface area contributed by atoms with Gasteiger partial charge in [0.15, 0.2) is 9.84 Å². The fraction of sp³-hybridized carbons (Fsp3) is 0.312. The summed E-state index contributed by atoms with van der Waals surface area (Å²) in [5, 5.41) is 5.90. The van der Waals surface area contributed by atoms with Crippen molar-refractivity contribution in [3.63, 3.8) is 0 Å². The first-order valence-corrected chi connectivity index (χ1v) is 9.80. The lowest BCUT2D eigenvalue weighted by molar-refractivity contribution is 0.238. The van der Waals surface area contributed by atoms with Crippen LogP contribution in [0.3, 0.4) is 0 Å². The second kappa shape index (κ2) is 7.76. The van der Waals surface area contributed by atoms with Gasteiger partial charge >= 0.3 is 6.03 Å². The molecule has 0 saturated heterocycles. The van der Waals surface area contributed by atoms with Crippen LogP contribution in [0, 0.1) is 5.82 Å². The van der Waals surface area contributed by atoms with Crippen molar-refractivity contribution >= 4 is 27.2 Å². The zero-order valence-corrected chi connectivity index (χ0v) is 15.0. The highest BCUT2D eigenvalue weighted by Crippen LogP contribution is 2.31. The van der Waals surface area contributed by atoms with Crippen LogP contribution in [0.4, 0.5) is 9.18 Å². The minimum absolute atomic E-state index is 0.0665. The van der Waals surface area contributed by atoms with Gasteiger partial charge in [-0.25, -0.2) is 17.6 Å². The zero-order chi connectivity index (χ0) is 17.7. The molecule has 0 aliphatic heterocycles. The summed E-state index contributed by atoms with van der Waals surface area (Å²) >= 11 is 1.11. The molecule has 2 N–H and O–H groups in total. The number of carbonyl (C=O) groups is 1. The molecule has 0 aliphatic rings. The van der Waals surface area contributed by atoms with Gasteiger partial charge in [-0.2, -0.15) is 0 Å². The fourth-order valence-electron chi connectivity index (χ4n) is 2.15. The summed E-state index contributed by atoms with van der Waals surface area (Å²) < 4.78 is 39.1. The van der Waals surface area contributed by atoms with E-state index in [1.165, 1.54) is 30.3 Å². The van der Waals surface area contributed by atoms with Crippen LogP contribution in [-0.4, -0.2) is 27.0 Å². The fourth-order valence-corrected chi connectivity index (χ4v) is 5.02. The first-order valence-electron chi connectivity index (χ1n) is 7.38. The number of hydrogen-bond donors (Lipinski definition) is 2. The number of urea groups is 1. The number of nitrogens with one attached hydrogen (secondary N) is 2. The molecule has 5 nitrogen and oxygen atoms in total. The first kappa shape index (κ1) is 18.4. The maximum Gasteiger partial charge on any atom is 0.315 e. The number of thiophene rings is 1. The van der Waals surface area contributed by atoms with Gasteiger partial charge in [0.2, 0.25) is 0 Å². The average Bonchev–Trinajstić information content (AvgIpc) is 3.03. The Kier molecular flexibility index (Phi) is 5.95. The molecule has 0 radical (unpaired) electrons. The van der Waals surface area contributed by atoms with Gasteiger partial charge in [0.1, 0.15) is 15.3 Å². The molecule has 0 aliphatic carbocycles. The van der Waals surface area contributed by atoms with Crippen LogP contribution in [0.15, 0.2) is 46.0 Å². The summed E-state index contributed by atoms with van der Waals surface area (Å²) in [6.45, 7) is 3.50. The molecule has 2 amide bonds. The van der Waals surface area contributed by atoms with E-state index < -0.39 is 26.9 Å². The van der Waals surface area contributed by atoms with Crippen molar-refractivity contribution in [2.24, 2.45) is 0 Å². The molecule has 1 aromatic carbocycles. The van der Waals surface area contributed by atoms with E-state index in [0.29, 0.717) is 5.56 Å². The van der Waals surface area contributed by atoms with Crippen molar-refractivity contribution in [3.8, 4) is 0 Å². The topological polar surface area (TPSA) is 75.3 Å². The van der Waals surface area contributed by atoms with Crippen molar-refractivity contribution < 1.29 is 17.6 Å². The summed E-state index contributed by atoms with van der Waals surface area (Å²) in [5.41, 5.74) is 0.426. The minimum Gasteiger partial charge on any atom is -0.336 e. The summed E-state index contributed by atoms with van der Waals surface area (Å²) in [5.74, 6) is -0.448. The van der Waals surface area contributed by atoms with Crippen LogP contribution >= 0.6 is 11.3 Å². The molecule has 1 heterocycles. The van der Waals surface area contributed by atoms with Gasteiger partial charge in [0.05, 0.1) is 0 Å². The van der Waals surface area contributed by atoms with Crippen LogP contribution in [0.5, 0.6) is 0 Å². The summed E-state index contributed by atoms with van der Waals surface area (Å²) in [7, 11) is -3.69. The van der Waals surface area contributed by atoms with E-state index in [2.05, 4.69) is 10.6 Å². The van der Waals surface area contributed by atoms with Crippen LogP contribution in [-0.2, 0) is 9.84 Å². The highest BCUT2D eigenvalue weighted by atomic mass is 32.2.